The van der Waals surface area contributed by atoms with Crippen LogP contribution in [0.4, 0.5) is 0 Å². The molecular formula is C18H12BrN3O. The van der Waals surface area contributed by atoms with E-state index in [-0.39, 0.29) is 5.56 Å². The van der Waals surface area contributed by atoms with Gasteiger partial charge in [-0.05, 0) is 29.8 Å². The van der Waals surface area contributed by atoms with Gasteiger partial charge in [-0.3, -0.25) is 4.79 Å². The summed E-state index contributed by atoms with van der Waals surface area (Å²) in [6, 6.07) is 17.8. The fourth-order valence-electron chi connectivity index (χ4n) is 2.66. The summed E-state index contributed by atoms with van der Waals surface area (Å²) in [6.45, 7) is 0.625. The van der Waals surface area contributed by atoms with Crippen LogP contribution in [0.3, 0.4) is 0 Å². The highest BCUT2D eigenvalue weighted by Crippen LogP contribution is 2.21. The predicted octanol–water partition coefficient (Wildman–Crippen LogP) is 3.76. The van der Waals surface area contributed by atoms with Crippen molar-refractivity contribution in [2.45, 2.75) is 6.54 Å². The minimum atomic E-state index is -0.251. The number of rotatable bonds is 2. The fourth-order valence-corrected chi connectivity index (χ4v) is 3.03. The Bertz CT molecular complexity index is 1070. The third kappa shape index (κ3) is 2.64. The average molecular weight is 366 g/mol. The van der Waals surface area contributed by atoms with Gasteiger partial charge in [0.05, 0.1) is 17.4 Å². The molecule has 0 N–H and O–H groups in total. The molecule has 0 aliphatic heterocycles. The first kappa shape index (κ1) is 14.1. The van der Waals surface area contributed by atoms with Crippen LogP contribution in [-0.2, 0) is 6.54 Å². The smallest absolute Gasteiger partial charge is 0.282 e. The Morgan fingerprint density at radius 2 is 1.87 bits per heavy atom. The van der Waals surface area contributed by atoms with Crippen molar-refractivity contribution in [1.29, 1.82) is 0 Å². The molecule has 0 amide bonds. The second-order valence-corrected chi connectivity index (χ2v) is 6.28. The highest BCUT2D eigenvalue weighted by atomic mass is 79.9. The van der Waals surface area contributed by atoms with Crippen LogP contribution in [-0.4, -0.2) is 14.5 Å². The quantitative estimate of drug-likeness (QED) is 0.508. The van der Waals surface area contributed by atoms with Crippen LogP contribution >= 0.6 is 15.9 Å². The highest BCUT2D eigenvalue weighted by Gasteiger charge is 2.08. The molecule has 4 nitrogen and oxygen atoms in total. The Labute approximate surface area is 140 Å². The number of pyridine rings is 1. The number of fused-ring (bicyclic) bond motifs is 2. The molecule has 5 heteroatoms. The number of hydrogen-bond acceptors (Lipinski definition) is 3. The lowest BCUT2D eigenvalue weighted by molar-refractivity contribution is 0.788. The minimum absolute atomic E-state index is 0.251. The van der Waals surface area contributed by atoms with Gasteiger partial charge in [-0.15, -0.1) is 0 Å². The maximum atomic E-state index is 12.1. The van der Waals surface area contributed by atoms with Crippen LogP contribution in [0.25, 0.3) is 21.9 Å². The van der Waals surface area contributed by atoms with Crippen LogP contribution < -0.4 is 5.56 Å². The Morgan fingerprint density at radius 3 is 2.70 bits per heavy atom. The van der Waals surface area contributed by atoms with Crippen molar-refractivity contribution >= 4 is 37.9 Å². The normalized spacial score (nSPS) is 11.2. The molecule has 2 aromatic carbocycles. The summed E-state index contributed by atoms with van der Waals surface area (Å²) in [5.41, 5.74) is 2.40. The number of nitrogens with zero attached hydrogens (tertiary/aromatic N) is 3. The summed E-state index contributed by atoms with van der Waals surface area (Å²) in [4.78, 5) is 20.8. The molecule has 0 atom stereocenters. The standard InChI is InChI=1S/C18H12BrN3O/c19-14-6-7-16-13(8-14)9-15-17(21-16)22(11-20-18(15)23)10-12-4-2-1-3-5-12/h1-9,11H,10H2. The molecule has 23 heavy (non-hydrogen) atoms. The molecule has 0 saturated heterocycles. The minimum Gasteiger partial charge on any atom is -0.312 e. The summed E-state index contributed by atoms with van der Waals surface area (Å²) in [5.74, 6) is 0. The molecule has 0 aliphatic rings. The van der Waals surface area contributed by atoms with Crippen LogP contribution in [0.2, 0.25) is 0 Å². The van der Waals surface area contributed by atoms with E-state index in [4.69, 9.17) is 0 Å². The molecule has 2 aromatic heterocycles. The first-order valence-corrected chi connectivity index (χ1v) is 7.99. The summed E-state index contributed by atoms with van der Waals surface area (Å²) in [5, 5.41) is 1.46. The Morgan fingerprint density at radius 1 is 1.04 bits per heavy atom. The number of benzene rings is 2. The monoisotopic (exact) mass is 365 g/mol. The summed E-state index contributed by atoms with van der Waals surface area (Å²) in [6.07, 6.45) is 1.56. The lowest BCUT2D eigenvalue weighted by Gasteiger charge is -2.10. The second kappa shape index (κ2) is 5.59. The summed E-state index contributed by atoms with van der Waals surface area (Å²) < 4.78 is 2.87. The van der Waals surface area contributed by atoms with Crippen LogP contribution in [0.15, 0.2) is 70.2 Å². The molecule has 0 saturated carbocycles. The zero-order valence-electron chi connectivity index (χ0n) is 12.1. The van der Waals surface area contributed by atoms with Gasteiger partial charge < -0.3 is 4.57 Å². The molecule has 0 radical (unpaired) electrons. The topological polar surface area (TPSA) is 47.8 Å². The van der Waals surface area contributed by atoms with Gasteiger partial charge in [0, 0.05) is 9.86 Å². The molecule has 4 rings (SSSR count). The van der Waals surface area contributed by atoms with Crippen molar-refractivity contribution in [3.8, 4) is 0 Å². The van der Waals surface area contributed by atoms with E-state index in [2.05, 4.69) is 25.9 Å². The van der Waals surface area contributed by atoms with Crippen molar-refractivity contribution in [3.05, 3.63) is 81.3 Å². The van der Waals surface area contributed by atoms with Crippen molar-refractivity contribution in [2.75, 3.05) is 0 Å². The zero-order valence-corrected chi connectivity index (χ0v) is 13.7. The van der Waals surface area contributed by atoms with Crippen molar-refractivity contribution in [3.63, 3.8) is 0 Å². The zero-order chi connectivity index (χ0) is 15.8. The maximum Gasteiger partial charge on any atom is 0.282 e. The van der Waals surface area contributed by atoms with Crippen molar-refractivity contribution < 1.29 is 0 Å². The summed E-state index contributed by atoms with van der Waals surface area (Å²) >= 11 is 3.45. The molecule has 0 aliphatic carbocycles. The van der Waals surface area contributed by atoms with Gasteiger partial charge in [-0.2, -0.15) is 4.98 Å². The first-order valence-electron chi connectivity index (χ1n) is 7.20. The number of aromatic nitrogens is 3. The molecule has 112 valence electrons. The van der Waals surface area contributed by atoms with Crippen LogP contribution in [0.5, 0.6) is 0 Å². The predicted molar refractivity (Wildman–Crippen MR) is 94.5 cm³/mol. The van der Waals surface area contributed by atoms with Crippen molar-refractivity contribution in [1.82, 2.24) is 14.5 Å². The Hall–Kier alpha value is -2.53. The van der Waals surface area contributed by atoms with E-state index in [1.807, 2.05) is 59.2 Å². The van der Waals surface area contributed by atoms with E-state index < -0.39 is 0 Å². The van der Waals surface area contributed by atoms with Gasteiger partial charge >= 0.3 is 0 Å². The third-order valence-electron chi connectivity index (χ3n) is 3.77. The van der Waals surface area contributed by atoms with E-state index in [9.17, 15) is 4.79 Å². The molecule has 0 spiro atoms. The molecule has 2 heterocycles. The van der Waals surface area contributed by atoms with Gasteiger partial charge in [0.1, 0.15) is 12.0 Å². The van der Waals surface area contributed by atoms with Gasteiger partial charge in [-0.25, -0.2) is 4.98 Å². The summed E-state index contributed by atoms with van der Waals surface area (Å²) in [7, 11) is 0. The van der Waals surface area contributed by atoms with E-state index in [0.717, 1.165) is 20.9 Å². The lowest BCUT2D eigenvalue weighted by Crippen LogP contribution is -2.14. The average Bonchev–Trinajstić information content (AvgIpc) is 2.57. The van der Waals surface area contributed by atoms with Crippen LogP contribution in [0, 0.1) is 0 Å². The highest BCUT2D eigenvalue weighted by molar-refractivity contribution is 9.10. The fraction of sp³-hybridized carbons (Fsp3) is 0.0556. The van der Waals surface area contributed by atoms with E-state index in [0.29, 0.717) is 17.6 Å². The maximum absolute atomic E-state index is 12.1. The van der Waals surface area contributed by atoms with Gasteiger partial charge in [0.2, 0.25) is 0 Å². The van der Waals surface area contributed by atoms with Crippen LogP contribution in [0.1, 0.15) is 5.56 Å². The first-order chi connectivity index (χ1) is 11.2. The van der Waals surface area contributed by atoms with Gasteiger partial charge in [0.25, 0.3) is 5.56 Å². The third-order valence-corrected chi connectivity index (χ3v) is 4.26. The number of hydrogen-bond donors (Lipinski definition) is 0. The molecular weight excluding hydrogens is 354 g/mol. The van der Waals surface area contributed by atoms with Gasteiger partial charge in [-0.1, -0.05) is 46.3 Å². The Kier molecular flexibility index (Phi) is 3.42. The number of halogens is 1. The van der Waals surface area contributed by atoms with E-state index in [1.165, 1.54) is 0 Å². The van der Waals surface area contributed by atoms with E-state index in [1.54, 1.807) is 6.33 Å². The largest absolute Gasteiger partial charge is 0.312 e. The molecule has 4 aromatic rings. The Balaban J connectivity index is 1.96. The van der Waals surface area contributed by atoms with Crippen molar-refractivity contribution in [2.24, 2.45) is 0 Å². The second-order valence-electron chi connectivity index (χ2n) is 5.36. The molecule has 0 fully saturated rings. The SMILES string of the molecule is O=c1ncn(Cc2ccccc2)c2nc3ccc(Br)cc3cc12. The lowest BCUT2D eigenvalue weighted by atomic mass is 10.2. The molecule has 0 bridgehead atoms. The van der Waals surface area contributed by atoms with Gasteiger partial charge in [0.15, 0.2) is 0 Å². The molecule has 0 unspecified atom stereocenters. The van der Waals surface area contributed by atoms with E-state index >= 15 is 0 Å².